The van der Waals surface area contributed by atoms with E-state index >= 15 is 0 Å². The molecule has 0 N–H and O–H groups in total. The Morgan fingerprint density at radius 2 is 2.06 bits per heavy atom. The average molecular weight is 227 g/mol. The van der Waals surface area contributed by atoms with Crippen LogP contribution in [0.1, 0.15) is 19.8 Å². The van der Waals surface area contributed by atoms with Crippen molar-refractivity contribution in [2.75, 3.05) is 40.0 Å². The van der Waals surface area contributed by atoms with Crippen LogP contribution in [0.4, 0.5) is 0 Å². The predicted octanol–water partition coefficient (Wildman–Crippen LogP) is 0.908. The number of nitrogens with zero attached hydrogens (tertiary/aromatic N) is 1. The van der Waals surface area contributed by atoms with E-state index < -0.39 is 0 Å². The minimum absolute atomic E-state index is 0.0437. The Morgan fingerprint density at radius 1 is 1.44 bits per heavy atom. The van der Waals surface area contributed by atoms with Crippen molar-refractivity contribution in [3.8, 4) is 0 Å². The van der Waals surface area contributed by atoms with E-state index in [2.05, 4.69) is 11.8 Å². The molecule has 4 heteroatoms. The zero-order valence-electron chi connectivity index (χ0n) is 10.2. The Bertz CT molecular complexity index is 255. The van der Waals surface area contributed by atoms with Crippen molar-refractivity contribution in [1.29, 1.82) is 0 Å². The minimum Gasteiger partial charge on any atom is -0.469 e. The molecule has 0 aromatic heterocycles. The van der Waals surface area contributed by atoms with Crippen LogP contribution in [0.2, 0.25) is 0 Å². The van der Waals surface area contributed by atoms with Gasteiger partial charge < -0.3 is 14.4 Å². The molecule has 2 heterocycles. The van der Waals surface area contributed by atoms with Crippen LogP contribution in [-0.2, 0) is 14.3 Å². The van der Waals surface area contributed by atoms with E-state index in [1.165, 1.54) is 7.11 Å². The maximum atomic E-state index is 11.4. The Hall–Kier alpha value is -0.610. The van der Waals surface area contributed by atoms with Crippen LogP contribution >= 0.6 is 0 Å². The van der Waals surface area contributed by atoms with E-state index in [1.54, 1.807) is 0 Å². The van der Waals surface area contributed by atoms with Gasteiger partial charge in [-0.15, -0.1) is 0 Å². The minimum atomic E-state index is -0.0437. The highest BCUT2D eigenvalue weighted by Gasteiger charge is 2.36. The molecule has 4 nitrogen and oxygen atoms in total. The number of carbonyl (C=O) groups is 1. The van der Waals surface area contributed by atoms with Gasteiger partial charge in [0.1, 0.15) is 0 Å². The molecular formula is C12H21NO3. The van der Waals surface area contributed by atoms with E-state index in [0.717, 1.165) is 45.7 Å². The Kier molecular flexibility index (Phi) is 3.50. The zero-order valence-corrected chi connectivity index (χ0v) is 10.2. The van der Waals surface area contributed by atoms with Crippen LogP contribution < -0.4 is 0 Å². The fourth-order valence-electron chi connectivity index (χ4n) is 2.58. The molecule has 2 saturated heterocycles. The number of carbonyl (C=O) groups excluding carboxylic acids is 1. The molecule has 0 aromatic rings. The van der Waals surface area contributed by atoms with Crippen molar-refractivity contribution >= 4 is 5.97 Å². The standard InChI is InChI=1S/C12H21NO3/c1-12(8-16-9-12)7-13-5-3-10(4-6-13)11(14)15-2/h10H,3-9H2,1-2H3. The van der Waals surface area contributed by atoms with E-state index in [4.69, 9.17) is 9.47 Å². The fraction of sp³-hybridized carbons (Fsp3) is 0.917. The van der Waals surface area contributed by atoms with E-state index in [-0.39, 0.29) is 11.9 Å². The first kappa shape index (κ1) is 11.9. The summed E-state index contributed by atoms with van der Waals surface area (Å²) in [6, 6.07) is 0. The van der Waals surface area contributed by atoms with Gasteiger partial charge in [0.05, 0.1) is 26.2 Å². The number of hydrogen-bond donors (Lipinski definition) is 0. The second kappa shape index (κ2) is 4.72. The Labute approximate surface area is 96.9 Å². The smallest absolute Gasteiger partial charge is 0.308 e. The number of hydrogen-bond acceptors (Lipinski definition) is 4. The van der Waals surface area contributed by atoms with Gasteiger partial charge in [0.15, 0.2) is 0 Å². The van der Waals surface area contributed by atoms with Crippen molar-refractivity contribution in [3.63, 3.8) is 0 Å². The number of methoxy groups -OCH3 is 1. The lowest BCUT2D eigenvalue weighted by atomic mass is 9.86. The third-order valence-electron chi connectivity index (χ3n) is 3.63. The molecule has 2 fully saturated rings. The predicted molar refractivity (Wildman–Crippen MR) is 60.1 cm³/mol. The SMILES string of the molecule is COC(=O)C1CCN(CC2(C)COC2)CC1. The molecule has 0 aliphatic carbocycles. The quantitative estimate of drug-likeness (QED) is 0.672. The second-order valence-corrected chi connectivity index (χ2v) is 5.38. The van der Waals surface area contributed by atoms with Gasteiger partial charge in [-0.3, -0.25) is 4.79 Å². The first-order chi connectivity index (χ1) is 7.63. The summed E-state index contributed by atoms with van der Waals surface area (Å²) < 4.78 is 10.0. The van der Waals surface area contributed by atoms with Gasteiger partial charge in [0.25, 0.3) is 0 Å². The molecular weight excluding hydrogens is 206 g/mol. The average Bonchev–Trinajstić information content (AvgIpc) is 2.27. The summed E-state index contributed by atoms with van der Waals surface area (Å²) in [6.07, 6.45) is 1.87. The summed E-state index contributed by atoms with van der Waals surface area (Å²) >= 11 is 0. The summed E-state index contributed by atoms with van der Waals surface area (Å²) in [6.45, 7) is 7.14. The monoisotopic (exact) mass is 227 g/mol. The maximum absolute atomic E-state index is 11.4. The van der Waals surface area contributed by atoms with Gasteiger partial charge in [0.2, 0.25) is 0 Å². The largest absolute Gasteiger partial charge is 0.469 e. The molecule has 92 valence electrons. The summed E-state index contributed by atoms with van der Waals surface area (Å²) in [5.41, 5.74) is 0.345. The first-order valence-corrected chi connectivity index (χ1v) is 6.01. The molecule has 2 rings (SSSR count). The van der Waals surface area contributed by atoms with Crippen molar-refractivity contribution < 1.29 is 14.3 Å². The third-order valence-corrected chi connectivity index (χ3v) is 3.63. The molecule has 2 aliphatic rings. The lowest BCUT2D eigenvalue weighted by Gasteiger charge is -2.43. The number of ether oxygens (including phenoxy) is 2. The van der Waals surface area contributed by atoms with Crippen LogP contribution in [0, 0.1) is 11.3 Å². The van der Waals surface area contributed by atoms with E-state index in [0.29, 0.717) is 5.41 Å². The molecule has 0 spiro atoms. The molecule has 0 atom stereocenters. The fourth-order valence-corrected chi connectivity index (χ4v) is 2.58. The van der Waals surface area contributed by atoms with Crippen molar-refractivity contribution in [2.24, 2.45) is 11.3 Å². The number of likely N-dealkylation sites (tertiary alicyclic amines) is 1. The molecule has 0 unspecified atom stereocenters. The van der Waals surface area contributed by atoms with Crippen molar-refractivity contribution in [2.45, 2.75) is 19.8 Å². The maximum Gasteiger partial charge on any atom is 0.308 e. The lowest BCUT2D eigenvalue weighted by molar-refractivity contribution is -0.148. The van der Waals surface area contributed by atoms with E-state index in [1.807, 2.05) is 0 Å². The summed E-state index contributed by atoms with van der Waals surface area (Å²) in [5.74, 6) is 0.0736. The molecule has 0 aromatic carbocycles. The molecule has 2 aliphatic heterocycles. The number of rotatable bonds is 3. The van der Waals surface area contributed by atoms with Gasteiger partial charge in [0, 0.05) is 12.0 Å². The molecule has 0 bridgehead atoms. The van der Waals surface area contributed by atoms with Crippen molar-refractivity contribution in [1.82, 2.24) is 4.90 Å². The second-order valence-electron chi connectivity index (χ2n) is 5.38. The molecule has 0 saturated carbocycles. The summed E-state index contributed by atoms with van der Waals surface area (Å²) in [5, 5.41) is 0. The normalized spacial score (nSPS) is 26.1. The Balaban J connectivity index is 1.74. The first-order valence-electron chi connectivity index (χ1n) is 6.01. The lowest BCUT2D eigenvalue weighted by Crippen LogP contribution is -2.50. The number of esters is 1. The van der Waals surface area contributed by atoms with Gasteiger partial charge >= 0.3 is 5.97 Å². The van der Waals surface area contributed by atoms with Crippen LogP contribution in [0.3, 0.4) is 0 Å². The van der Waals surface area contributed by atoms with Crippen molar-refractivity contribution in [3.05, 3.63) is 0 Å². The highest BCUT2D eigenvalue weighted by Crippen LogP contribution is 2.29. The topological polar surface area (TPSA) is 38.8 Å². The van der Waals surface area contributed by atoms with E-state index in [9.17, 15) is 4.79 Å². The highest BCUT2D eigenvalue weighted by atomic mass is 16.5. The van der Waals surface area contributed by atoms with Crippen LogP contribution in [-0.4, -0.2) is 50.8 Å². The summed E-state index contributed by atoms with van der Waals surface area (Å²) in [7, 11) is 1.47. The third kappa shape index (κ3) is 2.55. The van der Waals surface area contributed by atoms with Gasteiger partial charge in [-0.1, -0.05) is 6.92 Å². The van der Waals surface area contributed by atoms with Crippen LogP contribution in [0.15, 0.2) is 0 Å². The highest BCUT2D eigenvalue weighted by molar-refractivity contribution is 5.72. The zero-order chi connectivity index (χ0) is 11.6. The molecule has 0 radical (unpaired) electrons. The van der Waals surface area contributed by atoms with Crippen LogP contribution in [0.25, 0.3) is 0 Å². The molecule has 16 heavy (non-hydrogen) atoms. The van der Waals surface area contributed by atoms with Crippen LogP contribution in [0.5, 0.6) is 0 Å². The molecule has 0 amide bonds. The Morgan fingerprint density at radius 3 is 2.50 bits per heavy atom. The van der Waals surface area contributed by atoms with Gasteiger partial charge in [-0.05, 0) is 25.9 Å². The van der Waals surface area contributed by atoms with Gasteiger partial charge in [-0.25, -0.2) is 0 Å². The van der Waals surface area contributed by atoms with Gasteiger partial charge in [-0.2, -0.15) is 0 Å². The summed E-state index contributed by atoms with van der Waals surface area (Å²) in [4.78, 5) is 13.8. The number of piperidine rings is 1.